The SMILES string of the molecule is C[C@@]1(O)C(F)[C@@H](COP(=O)(O)OP(=O)(O)OP(=O)(O)O)O[C@H]1n1cnc2c(=O)[nH]c(N)nc21. The summed E-state index contributed by atoms with van der Waals surface area (Å²) in [5.74, 6) is -0.312. The predicted octanol–water partition coefficient (Wildman–Crippen LogP) is -0.968. The lowest BCUT2D eigenvalue weighted by molar-refractivity contribution is -0.0888. The number of anilines is 1. The summed E-state index contributed by atoms with van der Waals surface area (Å²) < 4.78 is 66.4. The van der Waals surface area contributed by atoms with E-state index in [9.17, 15) is 32.9 Å². The zero-order valence-corrected chi connectivity index (χ0v) is 18.8. The van der Waals surface area contributed by atoms with Gasteiger partial charge in [-0.2, -0.15) is 13.6 Å². The van der Waals surface area contributed by atoms with Gasteiger partial charge in [-0.1, -0.05) is 0 Å². The molecule has 22 heteroatoms. The third-order valence-electron chi connectivity index (χ3n) is 4.21. The van der Waals surface area contributed by atoms with E-state index in [0.29, 0.717) is 0 Å². The molecule has 33 heavy (non-hydrogen) atoms. The zero-order valence-electron chi connectivity index (χ0n) is 16.2. The van der Waals surface area contributed by atoms with E-state index < -0.39 is 59.7 Å². The molecular weight excluding hydrogens is 522 g/mol. The second kappa shape index (κ2) is 8.57. The molecule has 0 spiro atoms. The Morgan fingerprint density at radius 2 is 1.91 bits per heavy atom. The van der Waals surface area contributed by atoms with Gasteiger partial charge in [0.25, 0.3) is 5.56 Å². The molecule has 1 aliphatic heterocycles. The quantitative estimate of drug-likeness (QED) is 0.199. The first-order valence-corrected chi connectivity index (χ1v) is 13.0. The number of phosphoric ester groups is 1. The highest BCUT2D eigenvalue weighted by Gasteiger charge is 2.55. The fraction of sp³-hybridized carbons (Fsp3) is 0.545. The maximum absolute atomic E-state index is 14.9. The van der Waals surface area contributed by atoms with E-state index in [1.165, 1.54) is 0 Å². The fourth-order valence-electron chi connectivity index (χ4n) is 2.94. The highest BCUT2D eigenvalue weighted by Crippen LogP contribution is 2.66. The van der Waals surface area contributed by atoms with Crippen molar-refractivity contribution in [2.45, 2.75) is 31.0 Å². The number of alkyl halides is 1. The number of aliphatic hydroxyl groups is 1. The number of hydrogen-bond donors (Lipinski definition) is 7. The van der Waals surface area contributed by atoms with Crippen LogP contribution in [0.3, 0.4) is 0 Å². The monoisotopic (exact) mass is 539 g/mol. The van der Waals surface area contributed by atoms with Crippen molar-refractivity contribution in [3.8, 4) is 0 Å². The lowest BCUT2D eigenvalue weighted by atomic mass is 9.98. The van der Waals surface area contributed by atoms with Crippen LogP contribution in [-0.2, 0) is 31.6 Å². The van der Waals surface area contributed by atoms with Crippen LogP contribution in [0.25, 0.3) is 11.2 Å². The van der Waals surface area contributed by atoms with E-state index >= 15 is 0 Å². The van der Waals surface area contributed by atoms with Gasteiger partial charge in [-0.25, -0.2) is 23.1 Å². The number of nitrogens with two attached hydrogens (primary N) is 1. The van der Waals surface area contributed by atoms with Crippen molar-refractivity contribution >= 4 is 40.6 Å². The van der Waals surface area contributed by atoms with Gasteiger partial charge in [0.1, 0.15) is 11.7 Å². The number of ether oxygens (including phenoxy) is 1. The van der Waals surface area contributed by atoms with Crippen LogP contribution >= 0.6 is 23.5 Å². The Hall–Kier alpha value is -1.59. The standard InChI is InChI=1S/C11H17FN5O13P3/c1-11(19)6(12)4(2-27-32(23,24)30-33(25,26)29-31(20,21)22)28-9(11)17-3-14-5-7(17)15-10(13)16-8(5)18/h3-4,6,9,19H,2H2,1H3,(H,23,24)(H,25,26)(H2,20,21,22)(H3,13,15,16,18)/t4-,6?,9-,11-/m1/s1. The number of aromatic amines is 1. The van der Waals surface area contributed by atoms with E-state index in [2.05, 4.69) is 28.1 Å². The Morgan fingerprint density at radius 3 is 2.52 bits per heavy atom. The van der Waals surface area contributed by atoms with Gasteiger partial charge in [-0.15, -0.1) is 0 Å². The van der Waals surface area contributed by atoms with E-state index in [4.69, 9.17) is 25.2 Å². The molecule has 3 rings (SSSR count). The molecule has 0 aliphatic carbocycles. The summed E-state index contributed by atoms with van der Waals surface area (Å²) in [7, 11) is -16.9. The summed E-state index contributed by atoms with van der Waals surface area (Å²) in [6.45, 7) is -0.157. The minimum absolute atomic E-state index is 0.178. The molecule has 3 unspecified atom stereocenters. The largest absolute Gasteiger partial charge is 0.490 e. The summed E-state index contributed by atoms with van der Waals surface area (Å²) in [6.07, 6.45) is -4.68. The number of nitrogen functional groups attached to an aromatic ring is 1. The summed E-state index contributed by atoms with van der Waals surface area (Å²) in [4.78, 5) is 57.4. The van der Waals surface area contributed by atoms with Gasteiger partial charge in [0, 0.05) is 0 Å². The van der Waals surface area contributed by atoms with Crippen LogP contribution in [-0.4, -0.2) is 68.7 Å². The van der Waals surface area contributed by atoms with Crippen molar-refractivity contribution in [2.75, 3.05) is 12.3 Å². The molecule has 0 radical (unpaired) electrons. The summed E-state index contributed by atoms with van der Waals surface area (Å²) in [5.41, 5.74) is 2.02. The Bertz CT molecular complexity index is 1260. The van der Waals surface area contributed by atoms with Crippen molar-refractivity contribution in [1.82, 2.24) is 19.5 Å². The van der Waals surface area contributed by atoms with E-state index in [1.807, 2.05) is 0 Å². The van der Waals surface area contributed by atoms with Gasteiger partial charge >= 0.3 is 23.5 Å². The van der Waals surface area contributed by atoms with Crippen molar-refractivity contribution in [2.24, 2.45) is 0 Å². The summed E-state index contributed by atoms with van der Waals surface area (Å²) >= 11 is 0. The number of H-pyrrole nitrogens is 1. The number of nitrogens with zero attached hydrogens (tertiary/aromatic N) is 3. The van der Waals surface area contributed by atoms with E-state index in [1.54, 1.807) is 0 Å². The Labute approximate surface area is 181 Å². The molecule has 2 aromatic heterocycles. The Kier molecular flexibility index (Phi) is 6.76. The van der Waals surface area contributed by atoms with E-state index in [0.717, 1.165) is 17.8 Å². The first-order chi connectivity index (χ1) is 14.9. The topological polar surface area (TPSA) is 279 Å². The number of aromatic nitrogens is 4. The average Bonchev–Trinajstić information content (AvgIpc) is 3.10. The minimum atomic E-state index is -5.78. The van der Waals surface area contributed by atoms with Gasteiger partial charge in [-0.3, -0.25) is 18.9 Å². The molecule has 3 heterocycles. The third kappa shape index (κ3) is 5.74. The van der Waals surface area contributed by atoms with Crippen LogP contribution in [0.4, 0.5) is 10.3 Å². The second-order valence-electron chi connectivity index (χ2n) is 6.82. The van der Waals surface area contributed by atoms with Gasteiger partial charge in [0.05, 0.1) is 12.9 Å². The molecule has 1 saturated heterocycles. The fourth-order valence-corrected chi connectivity index (χ4v) is 5.97. The lowest BCUT2D eigenvalue weighted by Gasteiger charge is -2.26. The van der Waals surface area contributed by atoms with Crippen LogP contribution in [0.2, 0.25) is 0 Å². The van der Waals surface area contributed by atoms with Crippen LogP contribution in [0, 0.1) is 0 Å². The zero-order chi connectivity index (χ0) is 25.0. The Balaban J connectivity index is 1.78. The molecule has 0 saturated carbocycles. The number of imidazole rings is 1. The number of hydrogen-bond acceptors (Lipinski definition) is 12. The molecule has 18 nitrogen and oxygen atoms in total. The van der Waals surface area contributed by atoms with Crippen LogP contribution in [0.15, 0.2) is 11.1 Å². The Morgan fingerprint density at radius 1 is 1.27 bits per heavy atom. The number of nitrogens with one attached hydrogen (secondary N) is 1. The van der Waals surface area contributed by atoms with Gasteiger partial charge in [0.15, 0.2) is 23.6 Å². The van der Waals surface area contributed by atoms with Crippen LogP contribution < -0.4 is 11.3 Å². The van der Waals surface area contributed by atoms with Crippen molar-refractivity contribution in [1.29, 1.82) is 0 Å². The smallest absolute Gasteiger partial charge is 0.382 e. The molecule has 1 aliphatic rings. The van der Waals surface area contributed by atoms with E-state index in [-0.39, 0.29) is 17.1 Å². The number of halogens is 1. The molecular formula is C11H17FN5O13P3. The molecule has 1 fully saturated rings. The third-order valence-corrected chi connectivity index (χ3v) is 8.01. The molecule has 0 bridgehead atoms. The normalized spacial score (nSPS) is 29.7. The lowest BCUT2D eigenvalue weighted by Crippen LogP contribution is -2.41. The molecule has 186 valence electrons. The first-order valence-electron chi connectivity index (χ1n) is 8.44. The second-order valence-corrected chi connectivity index (χ2v) is 11.2. The maximum atomic E-state index is 14.9. The van der Waals surface area contributed by atoms with Crippen LogP contribution in [0.1, 0.15) is 13.2 Å². The van der Waals surface area contributed by atoms with Crippen molar-refractivity contribution in [3.63, 3.8) is 0 Å². The molecule has 0 amide bonds. The maximum Gasteiger partial charge on any atom is 0.490 e. The van der Waals surface area contributed by atoms with Gasteiger partial charge < -0.3 is 35.2 Å². The van der Waals surface area contributed by atoms with Crippen LogP contribution in [0.5, 0.6) is 0 Å². The molecule has 0 aromatic carbocycles. The highest BCUT2D eigenvalue weighted by molar-refractivity contribution is 7.66. The first kappa shape index (κ1) is 26.0. The molecule has 2 aromatic rings. The summed E-state index contributed by atoms with van der Waals surface area (Å²) in [6, 6.07) is 0. The number of phosphoric acid groups is 3. The minimum Gasteiger partial charge on any atom is -0.382 e. The number of rotatable bonds is 8. The summed E-state index contributed by atoms with van der Waals surface area (Å²) in [5, 5.41) is 10.6. The number of fused-ring (bicyclic) bond motifs is 1. The highest BCUT2D eigenvalue weighted by atomic mass is 31.3. The van der Waals surface area contributed by atoms with Crippen molar-refractivity contribution < 1.29 is 60.6 Å². The molecule has 6 atom stereocenters. The average molecular weight is 539 g/mol. The van der Waals surface area contributed by atoms with Gasteiger partial charge in [-0.05, 0) is 6.92 Å². The predicted molar refractivity (Wildman–Crippen MR) is 102 cm³/mol. The molecule has 8 N–H and O–H groups in total. The van der Waals surface area contributed by atoms with Crippen molar-refractivity contribution in [3.05, 3.63) is 16.7 Å². The van der Waals surface area contributed by atoms with Gasteiger partial charge in [0.2, 0.25) is 5.95 Å².